The van der Waals surface area contributed by atoms with Crippen LogP contribution in [0.5, 0.6) is 5.75 Å². The summed E-state index contributed by atoms with van der Waals surface area (Å²) in [6, 6.07) is 14.8. The molecule has 0 unspecified atom stereocenters. The quantitative estimate of drug-likeness (QED) is 0.400. The maximum Gasteiger partial charge on any atom is 0.573 e. The van der Waals surface area contributed by atoms with Crippen molar-refractivity contribution in [3.05, 3.63) is 82.1 Å². The van der Waals surface area contributed by atoms with Crippen LogP contribution in [0.1, 0.15) is 22.3 Å². The number of ether oxygens (including phenoxy) is 1. The van der Waals surface area contributed by atoms with Crippen LogP contribution in [0.4, 0.5) is 13.2 Å². The summed E-state index contributed by atoms with van der Waals surface area (Å²) < 4.78 is 47.4. The second kappa shape index (κ2) is 9.29. The van der Waals surface area contributed by atoms with Gasteiger partial charge in [-0.05, 0) is 54.4 Å². The molecule has 1 amide bonds. The fourth-order valence-corrected chi connectivity index (χ4v) is 3.60. The first-order chi connectivity index (χ1) is 17.2. The second-order valence-corrected chi connectivity index (χ2v) is 8.06. The molecule has 0 atom stereocenters. The highest BCUT2D eigenvalue weighted by Gasteiger charge is 2.31. The van der Waals surface area contributed by atoms with Gasteiger partial charge in [0, 0.05) is 30.3 Å². The van der Waals surface area contributed by atoms with Gasteiger partial charge in [-0.1, -0.05) is 17.3 Å². The molecule has 5 rings (SSSR count). The minimum atomic E-state index is -4.79. The SMILES string of the molecule is O=C(c1cccc(Cn2nc(-c3nc(-c4ccc(OC(F)(F)F)cc4)no3)ccc2=O)c1)N1CCC1. The van der Waals surface area contributed by atoms with E-state index in [1.54, 1.807) is 29.2 Å². The lowest BCUT2D eigenvalue weighted by Gasteiger charge is -2.31. The van der Waals surface area contributed by atoms with Crippen LogP contribution in [0, 0.1) is 0 Å². The predicted octanol–water partition coefficient (Wildman–Crippen LogP) is 3.75. The summed E-state index contributed by atoms with van der Waals surface area (Å²) in [6.07, 6.45) is -3.80. The number of hydrogen-bond donors (Lipinski definition) is 0. The van der Waals surface area contributed by atoms with Crippen molar-refractivity contribution in [3.63, 3.8) is 0 Å². The first-order valence-electron chi connectivity index (χ1n) is 10.9. The van der Waals surface area contributed by atoms with Gasteiger partial charge in [0.2, 0.25) is 5.82 Å². The molecule has 0 N–H and O–H groups in total. The minimum Gasteiger partial charge on any atom is -0.406 e. The van der Waals surface area contributed by atoms with E-state index in [0.717, 1.165) is 37.2 Å². The van der Waals surface area contributed by atoms with E-state index in [-0.39, 0.29) is 41.2 Å². The molecule has 4 aromatic rings. The van der Waals surface area contributed by atoms with E-state index in [1.165, 1.54) is 28.9 Å². The highest BCUT2D eigenvalue weighted by Crippen LogP contribution is 2.26. The Morgan fingerprint density at radius 2 is 1.83 bits per heavy atom. The Hall–Kier alpha value is -4.48. The maximum atomic E-state index is 12.5. The molecular weight excluding hydrogens is 479 g/mol. The van der Waals surface area contributed by atoms with Crippen molar-refractivity contribution < 1.29 is 27.2 Å². The number of hydrogen-bond acceptors (Lipinski definition) is 7. The Morgan fingerprint density at radius 3 is 2.53 bits per heavy atom. The Bertz CT molecular complexity index is 1460. The topological polar surface area (TPSA) is 103 Å². The van der Waals surface area contributed by atoms with Crippen molar-refractivity contribution >= 4 is 5.91 Å². The number of aromatic nitrogens is 4. The lowest BCUT2D eigenvalue weighted by Crippen LogP contribution is -2.42. The van der Waals surface area contributed by atoms with Gasteiger partial charge in [-0.25, -0.2) is 4.68 Å². The Morgan fingerprint density at radius 1 is 1.06 bits per heavy atom. The number of amides is 1. The average Bonchev–Trinajstić information content (AvgIpc) is 3.29. The number of alkyl halides is 3. The van der Waals surface area contributed by atoms with Gasteiger partial charge in [0.05, 0.1) is 6.54 Å². The van der Waals surface area contributed by atoms with E-state index in [1.807, 2.05) is 0 Å². The van der Waals surface area contributed by atoms with Crippen LogP contribution in [-0.2, 0) is 6.54 Å². The van der Waals surface area contributed by atoms with Gasteiger partial charge in [0.25, 0.3) is 17.4 Å². The zero-order valence-corrected chi connectivity index (χ0v) is 18.6. The minimum absolute atomic E-state index is 0.0241. The first kappa shape index (κ1) is 23.3. The number of carbonyl (C=O) groups excluding carboxylic acids is 1. The third-order valence-corrected chi connectivity index (χ3v) is 5.51. The van der Waals surface area contributed by atoms with Gasteiger partial charge in [0.15, 0.2) is 0 Å². The summed E-state index contributed by atoms with van der Waals surface area (Å²) in [5.41, 5.74) is 1.54. The summed E-state index contributed by atoms with van der Waals surface area (Å²) in [7, 11) is 0. The summed E-state index contributed by atoms with van der Waals surface area (Å²) in [5, 5.41) is 8.15. The van der Waals surface area contributed by atoms with Crippen LogP contribution in [0.15, 0.2) is 70.0 Å². The summed E-state index contributed by atoms with van der Waals surface area (Å²) in [6.45, 7) is 1.60. The van der Waals surface area contributed by atoms with Gasteiger partial charge in [-0.2, -0.15) is 10.1 Å². The normalized spacial score (nSPS) is 13.4. The van der Waals surface area contributed by atoms with Crippen LogP contribution in [0.25, 0.3) is 23.0 Å². The van der Waals surface area contributed by atoms with E-state index < -0.39 is 6.36 Å². The summed E-state index contributed by atoms with van der Waals surface area (Å²) >= 11 is 0. The Labute approximate surface area is 201 Å². The van der Waals surface area contributed by atoms with E-state index in [2.05, 4.69) is 20.0 Å². The molecule has 2 aromatic heterocycles. The lowest BCUT2D eigenvalue weighted by atomic mass is 10.1. The molecule has 36 heavy (non-hydrogen) atoms. The lowest BCUT2D eigenvalue weighted by molar-refractivity contribution is -0.274. The van der Waals surface area contributed by atoms with Gasteiger partial charge in [0.1, 0.15) is 11.4 Å². The molecule has 0 spiro atoms. The number of nitrogens with zero attached hydrogens (tertiary/aromatic N) is 5. The van der Waals surface area contributed by atoms with E-state index in [9.17, 15) is 22.8 Å². The molecule has 184 valence electrons. The highest BCUT2D eigenvalue weighted by atomic mass is 19.4. The Balaban J connectivity index is 1.34. The largest absolute Gasteiger partial charge is 0.573 e. The molecule has 12 heteroatoms. The van der Waals surface area contributed by atoms with Crippen molar-refractivity contribution in [2.45, 2.75) is 19.3 Å². The molecule has 1 fully saturated rings. The van der Waals surface area contributed by atoms with Gasteiger partial charge in [-0.3, -0.25) is 9.59 Å². The number of halogens is 3. The second-order valence-electron chi connectivity index (χ2n) is 8.06. The van der Waals surface area contributed by atoms with E-state index in [4.69, 9.17) is 4.52 Å². The maximum absolute atomic E-state index is 12.5. The van der Waals surface area contributed by atoms with Crippen LogP contribution in [-0.4, -0.2) is 50.2 Å². The molecule has 1 saturated heterocycles. The molecule has 0 bridgehead atoms. The predicted molar refractivity (Wildman–Crippen MR) is 120 cm³/mol. The van der Waals surface area contributed by atoms with Crippen molar-refractivity contribution in [2.24, 2.45) is 0 Å². The third-order valence-electron chi connectivity index (χ3n) is 5.51. The molecule has 2 aromatic carbocycles. The number of carbonyl (C=O) groups is 1. The van der Waals surface area contributed by atoms with Gasteiger partial charge < -0.3 is 14.2 Å². The van der Waals surface area contributed by atoms with Crippen LogP contribution < -0.4 is 10.3 Å². The average molecular weight is 497 g/mol. The summed E-state index contributed by atoms with van der Waals surface area (Å²) in [4.78, 5) is 30.9. The van der Waals surface area contributed by atoms with Crippen LogP contribution in [0.2, 0.25) is 0 Å². The molecule has 1 aliphatic heterocycles. The monoisotopic (exact) mass is 497 g/mol. The first-order valence-corrected chi connectivity index (χ1v) is 10.9. The van der Waals surface area contributed by atoms with Crippen molar-refractivity contribution in [1.29, 1.82) is 0 Å². The standard InChI is InChI=1S/C24H18F3N5O4/c25-24(26,27)35-18-7-5-16(6-8-18)21-28-22(36-30-21)19-9-10-20(33)32(29-19)14-15-3-1-4-17(13-15)23(34)31-11-2-12-31/h1,3-10,13H,2,11-12,14H2. The zero-order valence-electron chi connectivity index (χ0n) is 18.6. The molecule has 9 nitrogen and oxygen atoms in total. The van der Waals surface area contributed by atoms with E-state index in [0.29, 0.717) is 11.1 Å². The molecule has 1 aliphatic rings. The van der Waals surface area contributed by atoms with E-state index >= 15 is 0 Å². The van der Waals surface area contributed by atoms with Crippen LogP contribution in [0.3, 0.4) is 0 Å². The molecule has 0 saturated carbocycles. The number of likely N-dealkylation sites (tertiary alicyclic amines) is 1. The Kier molecular flexibility index (Phi) is 6.00. The van der Waals surface area contributed by atoms with Crippen molar-refractivity contribution in [1.82, 2.24) is 24.8 Å². The molecule has 3 heterocycles. The van der Waals surface area contributed by atoms with Gasteiger partial charge in [-0.15, -0.1) is 13.2 Å². The molecular formula is C24H18F3N5O4. The van der Waals surface area contributed by atoms with Crippen LogP contribution >= 0.6 is 0 Å². The van der Waals surface area contributed by atoms with Gasteiger partial charge >= 0.3 is 6.36 Å². The molecule has 0 aliphatic carbocycles. The fourth-order valence-electron chi connectivity index (χ4n) is 3.60. The summed E-state index contributed by atoms with van der Waals surface area (Å²) in [5.74, 6) is -0.274. The smallest absolute Gasteiger partial charge is 0.406 e. The molecule has 0 radical (unpaired) electrons. The highest BCUT2D eigenvalue weighted by molar-refractivity contribution is 5.94. The fraction of sp³-hybridized carbons (Fsp3) is 0.208. The zero-order chi connectivity index (χ0) is 25.3. The number of rotatable bonds is 6. The van der Waals surface area contributed by atoms with Crippen molar-refractivity contribution in [2.75, 3.05) is 13.1 Å². The van der Waals surface area contributed by atoms with Crippen molar-refractivity contribution in [3.8, 4) is 28.7 Å². The number of benzene rings is 2. The third kappa shape index (κ3) is 5.11.